The zero-order valence-electron chi connectivity index (χ0n) is 17.0. The molecule has 3 aromatic carbocycles. The first-order valence-electron chi connectivity index (χ1n) is 10.3. The molecule has 6 heteroatoms. The van der Waals surface area contributed by atoms with Crippen molar-refractivity contribution >= 4 is 28.4 Å². The average Bonchev–Trinajstić information content (AvgIpc) is 3.20. The van der Waals surface area contributed by atoms with Gasteiger partial charge in [0.25, 0.3) is 0 Å². The second kappa shape index (κ2) is 7.88. The Labute approximate surface area is 176 Å². The van der Waals surface area contributed by atoms with E-state index in [0.717, 1.165) is 49.5 Å². The molecule has 2 heterocycles. The van der Waals surface area contributed by atoms with E-state index in [1.54, 1.807) is 0 Å². The lowest BCUT2D eigenvalue weighted by molar-refractivity contribution is -0.112. The first-order chi connectivity index (χ1) is 14.7. The first kappa shape index (κ1) is 18.8. The summed E-state index contributed by atoms with van der Waals surface area (Å²) in [6, 6.07) is 18.6. The van der Waals surface area contributed by atoms with Crippen LogP contribution in [-0.4, -0.2) is 50.6 Å². The van der Waals surface area contributed by atoms with Crippen LogP contribution < -0.4 is 19.7 Å². The monoisotopic (exact) mass is 403 g/mol. The molecule has 0 aliphatic carbocycles. The van der Waals surface area contributed by atoms with Crippen LogP contribution in [0.2, 0.25) is 0 Å². The number of aldehydes is 1. The molecule has 1 atom stereocenters. The number of carbonyl (C=O) groups excluding carboxylic acids is 1. The van der Waals surface area contributed by atoms with Crippen LogP contribution in [0.3, 0.4) is 0 Å². The minimum absolute atomic E-state index is 0.435. The van der Waals surface area contributed by atoms with Gasteiger partial charge in [-0.25, -0.2) is 0 Å². The Balaban J connectivity index is 1.34. The third-order valence-corrected chi connectivity index (χ3v) is 5.80. The van der Waals surface area contributed by atoms with Gasteiger partial charge in [-0.15, -0.1) is 0 Å². The van der Waals surface area contributed by atoms with E-state index < -0.39 is 6.23 Å². The maximum atomic E-state index is 10.9. The summed E-state index contributed by atoms with van der Waals surface area (Å²) in [5.74, 6) is 1.53. The molecule has 154 valence electrons. The zero-order valence-corrected chi connectivity index (χ0v) is 17.0. The van der Waals surface area contributed by atoms with Gasteiger partial charge in [0.1, 0.15) is 18.1 Å². The van der Waals surface area contributed by atoms with Crippen LogP contribution in [0.4, 0.5) is 11.4 Å². The molecule has 1 saturated heterocycles. The van der Waals surface area contributed by atoms with E-state index >= 15 is 0 Å². The zero-order chi connectivity index (χ0) is 20.5. The van der Waals surface area contributed by atoms with Gasteiger partial charge in [0.2, 0.25) is 6.23 Å². The number of hydrogen-bond donors (Lipinski definition) is 1. The molecule has 0 bridgehead atoms. The minimum Gasteiger partial charge on any atom is -0.489 e. The third-order valence-electron chi connectivity index (χ3n) is 5.80. The Morgan fingerprint density at radius 2 is 1.97 bits per heavy atom. The molecule has 30 heavy (non-hydrogen) atoms. The summed E-state index contributed by atoms with van der Waals surface area (Å²) in [5, 5.41) is 5.44. The fourth-order valence-corrected chi connectivity index (χ4v) is 4.07. The second-order valence-electron chi connectivity index (χ2n) is 7.89. The van der Waals surface area contributed by atoms with Gasteiger partial charge in [-0.2, -0.15) is 0 Å². The molecule has 2 aliphatic rings. The molecular formula is C24H25N3O3. The SMILES string of the molecule is CN1CCN(c2cccc3ccc(OCc4ccc5c(c4)OC(C=O)N5)cc23)CC1. The highest BCUT2D eigenvalue weighted by molar-refractivity contribution is 5.95. The number of ether oxygens (including phenoxy) is 2. The molecule has 2 aliphatic heterocycles. The Hall–Kier alpha value is -3.25. The summed E-state index contributed by atoms with van der Waals surface area (Å²) in [7, 11) is 2.17. The molecule has 0 radical (unpaired) electrons. The van der Waals surface area contributed by atoms with Crippen LogP contribution in [0, 0.1) is 0 Å². The van der Waals surface area contributed by atoms with Gasteiger partial charge in [0.05, 0.1) is 5.69 Å². The lowest BCUT2D eigenvalue weighted by Crippen LogP contribution is -2.44. The van der Waals surface area contributed by atoms with Crippen LogP contribution in [-0.2, 0) is 11.4 Å². The average molecular weight is 403 g/mol. The van der Waals surface area contributed by atoms with E-state index in [1.165, 1.54) is 16.5 Å². The van der Waals surface area contributed by atoms with E-state index in [9.17, 15) is 4.79 Å². The fraction of sp³-hybridized carbons (Fsp3) is 0.292. The van der Waals surface area contributed by atoms with Crippen molar-refractivity contribution in [2.45, 2.75) is 12.8 Å². The van der Waals surface area contributed by atoms with Gasteiger partial charge in [0.15, 0.2) is 6.29 Å². The van der Waals surface area contributed by atoms with Crippen molar-refractivity contribution in [3.05, 3.63) is 60.2 Å². The Morgan fingerprint density at radius 1 is 1.10 bits per heavy atom. The summed E-state index contributed by atoms with van der Waals surface area (Å²) in [6.07, 6.45) is 0.146. The predicted octanol–water partition coefficient (Wildman–Crippen LogP) is 3.50. The van der Waals surface area contributed by atoms with Crippen molar-refractivity contribution in [3.63, 3.8) is 0 Å². The molecule has 5 rings (SSSR count). The van der Waals surface area contributed by atoms with Crippen LogP contribution in [0.25, 0.3) is 10.8 Å². The van der Waals surface area contributed by atoms with Crippen LogP contribution in [0.1, 0.15) is 5.56 Å². The molecule has 0 saturated carbocycles. The molecule has 1 N–H and O–H groups in total. The quantitative estimate of drug-likeness (QED) is 0.658. The van der Waals surface area contributed by atoms with E-state index in [1.807, 2.05) is 24.3 Å². The number of likely N-dealkylation sites (N-methyl/N-ethyl adjacent to an activating group) is 1. The van der Waals surface area contributed by atoms with Gasteiger partial charge in [-0.05, 0) is 48.3 Å². The lowest BCUT2D eigenvalue weighted by atomic mass is 10.1. The van der Waals surface area contributed by atoms with Gasteiger partial charge < -0.3 is 24.6 Å². The molecule has 0 spiro atoms. The highest BCUT2D eigenvalue weighted by Gasteiger charge is 2.21. The summed E-state index contributed by atoms with van der Waals surface area (Å²) >= 11 is 0. The Bertz CT molecular complexity index is 1080. The Morgan fingerprint density at radius 3 is 2.80 bits per heavy atom. The first-order valence-corrected chi connectivity index (χ1v) is 10.3. The number of rotatable bonds is 5. The van der Waals surface area contributed by atoms with Gasteiger partial charge in [-0.1, -0.05) is 24.3 Å². The lowest BCUT2D eigenvalue weighted by Gasteiger charge is -2.34. The standard InChI is InChI=1S/C24H25N3O3/c1-26-9-11-27(12-10-26)22-4-2-3-18-6-7-19(14-20(18)22)29-16-17-5-8-21-23(13-17)30-24(15-28)25-21/h2-8,13-15,24-25H,9-12,16H2,1H3. The largest absolute Gasteiger partial charge is 0.489 e. The maximum Gasteiger partial charge on any atom is 0.226 e. The summed E-state index contributed by atoms with van der Waals surface area (Å²) in [6.45, 7) is 4.65. The number of anilines is 2. The summed E-state index contributed by atoms with van der Waals surface area (Å²) < 4.78 is 11.7. The van der Waals surface area contributed by atoms with Crippen LogP contribution in [0.5, 0.6) is 11.5 Å². The minimum atomic E-state index is -0.607. The van der Waals surface area contributed by atoms with Crippen LogP contribution >= 0.6 is 0 Å². The Kier molecular flexibility index (Phi) is 4.93. The third kappa shape index (κ3) is 3.66. The van der Waals surface area contributed by atoms with Crippen LogP contribution in [0.15, 0.2) is 54.6 Å². The number of nitrogens with zero attached hydrogens (tertiary/aromatic N) is 2. The second-order valence-corrected chi connectivity index (χ2v) is 7.89. The number of benzene rings is 3. The summed E-state index contributed by atoms with van der Waals surface area (Å²) in [5.41, 5.74) is 3.09. The number of fused-ring (bicyclic) bond motifs is 2. The summed E-state index contributed by atoms with van der Waals surface area (Å²) in [4.78, 5) is 15.7. The van der Waals surface area contributed by atoms with Gasteiger partial charge in [-0.3, -0.25) is 4.79 Å². The molecule has 0 amide bonds. The predicted molar refractivity (Wildman–Crippen MR) is 119 cm³/mol. The van der Waals surface area contributed by atoms with E-state index in [4.69, 9.17) is 9.47 Å². The topological polar surface area (TPSA) is 54.0 Å². The van der Waals surface area contributed by atoms with Gasteiger partial charge in [0, 0.05) is 37.3 Å². The highest BCUT2D eigenvalue weighted by Crippen LogP contribution is 2.33. The molecule has 1 unspecified atom stereocenters. The molecule has 6 nitrogen and oxygen atoms in total. The molecule has 3 aromatic rings. The van der Waals surface area contributed by atoms with E-state index in [2.05, 4.69) is 52.5 Å². The molecule has 0 aromatic heterocycles. The number of nitrogens with one attached hydrogen (secondary N) is 1. The number of piperazine rings is 1. The molecule has 1 fully saturated rings. The number of hydrogen-bond acceptors (Lipinski definition) is 6. The van der Waals surface area contributed by atoms with Gasteiger partial charge >= 0.3 is 0 Å². The molecular weight excluding hydrogens is 378 g/mol. The normalized spacial score (nSPS) is 18.6. The smallest absolute Gasteiger partial charge is 0.226 e. The van der Waals surface area contributed by atoms with E-state index in [-0.39, 0.29) is 0 Å². The number of carbonyl (C=O) groups is 1. The van der Waals surface area contributed by atoms with E-state index in [0.29, 0.717) is 12.4 Å². The van der Waals surface area contributed by atoms with Crippen molar-refractivity contribution in [2.75, 3.05) is 43.4 Å². The van der Waals surface area contributed by atoms with Crippen molar-refractivity contribution in [3.8, 4) is 11.5 Å². The maximum absolute atomic E-state index is 10.9. The highest BCUT2D eigenvalue weighted by atomic mass is 16.5. The van der Waals surface area contributed by atoms with Crippen molar-refractivity contribution < 1.29 is 14.3 Å². The fourth-order valence-electron chi connectivity index (χ4n) is 4.07. The van der Waals surface area contributed by atoms with Crippen molar-refractivity contribution in [1.29, 1.82) is 0 Å². The van der Waals surface area contributed by atoms with Crippen molar-refractivity contribution in [1.82, 2.24) is 4.90 Å². The van der Waals surface area contributed by atoms with Crippen molar-refractivity contribution in [2.24, 2.45) is 0 Å².